The van der Waals surface area contributed by atoms with Gasteiger partial charge in [-0.25, -0.2) is 17.8 Å². The standard InChI is InChI=1S/C25H30FN3O4S/c1-17(2)20-12-19(26)13-21(18-7-10-28-24(11-18)33-3)22(20)14-23(30)29-34(31,32)16-25(15-27)8-5-4-6-9-25/h7,10-13,17H,4-6,8-9,14,16H2,1-3H3,(H,29,30). The number of amides is 1. The number of rotatable bonds is 8. The third-order valence-corrected chi connectivity index (χ3v) is 7.72. The van der Waals surface area contributed by atoms with E-state index in [9.17, 15) is 22.9 Å². The van der Waals surface area contributed by atoms with Gasteiger partial charge >= 0.3 is 0 Å². The molecule has 1 aromatic heterocycles. The maximum Gasteiger partial charge on any atom is 0.237 e. The summed E-state index contributed by atoms with van der Waals surface area (Å²) in [5, 5.41) is 9.62. The van der Waals surface area contributed by atoms with Crippen LogP contribution in [0.3, 0.4) is 0 Å². The molecule has 0 atom stereocenters. The van der Waals surface area contributed by atoms with E-state index in [1.54, 1.807) is 12.1 Å². The molecular weight excluding hydrogens is 457 g/mol. The summed E-state index contributed by atoms with van der Waals surface area (Å²) >= 11 is 0. The molecule has 34 heavy (non-hydrogen) atoms. The number of nitrogens with zero attached hydrogens (tertiary/aromatic N) is 2. The summed E-state index contributed by atoms with van der Waals surface area (Å²) in [6.45, 7) is 3.76. The Labute approximate surface area is 200 Å². The molecule has 1 aromatic carbocycles. The quantitative estimate of drug-likeness (QED) is 0.588. The molecule has 0 saturated heterocycles. The first kappa shape index (κ1) is 25.6. The highest BCUT2D eigenvalue weighted by atomic mass is 32.2. The summed E-state index contributed by atoms with van der Waals surface area (Å²) in [7, 11) is -2.56. The van der Waals surface area contributed by atoms with Gasteiger partial charge in [-0.15, -0.1) is 0 Å². The molecule has 1 N–H and O–H groups in total. The van der Waals surface area contributed by atoms with E-state index < -0.39 is 32.9 Å². The van der Waals surface area contributed by atoms with Crippen LogP contribution < -0.4 is 9.46 Å². The van der Waals surface area contributed by atoms with E-state index >= 15 is 0 Å². The van der Waals surface area contributed by atoms with Crippen molar-refractivity contribution in [3.8, 4) is 23.1 Å². The number of halogens is 1. The van der Waals surface area contributed by atoms with Crippen LogP contribution in [0.4, 0.5) is 4.39 Å². The minimum Gasteiger partial charge on any atom is -0.481 e. The number of nitrogens with one attached hydrogen (secondary N) is 1. The summed E-state index contributed by atoms with van der Waals surface area (Å²) in [6, 6.07) is 8.19. The number of hydrogen-bond acceptors (Lipinski definition) is 6. The van der Waals surface area contributed by atoms with Crippen molar-refractivity contribution in [2.75, 3.05) is 12.9 Å². The molecule has 1 heterocycles. The van der Waals surface area contributed by atoms with Crippen molar-refractivity contribution >= 4 is 15.9 Å². The second-order valence-corrected chi connectivity index (χ2v) is 10.9. The molecular formula is C25H30FN3O4S. The van der Waals surface area contributed by atoms with Gasteiger partial charge < -0.3 is 4.74 Å². The molecule has 1 saturated carbocycles. The van der Waals surface area contributed by atoms with E-state index in [1.165, 1.54) is 25.4 Å². The lowest BCUT2D eigenvalue weighted by molar-refractivity contribution is -0.118. The molecule has 182 valence electrons. The topological polar surface area (TPSA) is 109 Å². The first-order valence-electron chi connectivity index (χ1n) is 11.4. The van der Waals surface area contributed by atoms with Crippen LogP contribution in [0.5, 0.6) is 5.88 Å². The summed E-state index contributed by atoms with van der Waals surface area (Å²) in [6.07, 6.45) is 4.83. The number of hydrogen-bond donors (Lipinski definition) is 1. The Morgan fingerprint density at radius 1 is 1.26 bits per heavy atom. The summed E-state index contributed by atoms with van der Waals surface area (Å²) < 4.78 is 47.4. The zero-order chi connectivity index (χ0) is 24.9. The summed E-state index contributed by atoms with van der Waals surface area (Å²) in [4.78, 5) is 17.0. The number of pyridine rings is 1. The largest absolute Gasteiger partial charge is 0.481 e. The highest BCUT2D eigenvalue weighted by Crippen LogP contribution is 2.37. The lowest BCUT2D eigenvalue weighted by atomic mass is 9.77. The number of carbonyl (C=O) groups is 1. The van der Waals surface area contributed by atoms with Gasteiger partial charge in [0.25, 0.3) is 0 Å². The van der Waals surface area contributed by atoms with E-state index in [0.29, 0.717) is 41.0 Å². The molecule has 0 spiro atoms. The predicted molar refractivity (Wildman–Crippen MR) is 127 cm³/mol. The van der Waals surface area contributed by atoms with E-state index in [0.717, 1.165) is 19.3 Å². The highest BCUT2D eigenvalue weighted by Gasteiger charge is 2.37. The van der Waals surface area contributed by atoms with Crippen molar-refractivity contribution in [1.29, 1.82) is 5.26 Å². The molecule has 0 bridgehead atoms. The van der Waals surface area contributed by atoms with Gasteiger partial charge in [-0.3, -0.25) is 9.52 Å². The fourth-order valence-electron chi connectivity index (χ4n) is 4.60. The Morgan fingerprint density at radius 3 is 2.59 bits per heavy atom. The molecule has 0 aliphatic heterocycles. The molecule has 0 radical (unpaired) electrons. The maximum absolute atomic E-state index is 14.5. The van der Waals surface area contributed by atoms with E-state index in [2.05, 4.69) is 15.8 Å². The third-order valence-electron chi connectivity index (χ3n) is 6.25. The Balaban J connectivity index is 1.92. The molecule has 1 aliphatic carbocycles. The number of nitriles is 1. The van der Waals surface area contributed by atoms with Crippen LogP contribution in [0.25, 0.3) is 11.1 Å². The second kappa shape index (κ2) is 10.5. The minimum absolute atomic E-state index is 0.110. The smallest absolute Gasteiger partial charge is 0.237 e. The van der Waals surface area contributed by atoms with Gasteiger partial charge in [-0.05, 0) is 59.2 Å². The van der Waals surface area contributed by atoms with E-state index in [4.69, 9.17) is 4.74 Å². The van der Waals surface area contributed by atoms with Gasteiger partial charge in [0.2, 0.25) is 21.8 Å². The normalized spacial score (nSPS) is 15.5. The molecule has 1 amide bonds. The van der Waals surface area contributed by atoms with Crippen LogP contribution in [0.1, 0.15) is 63.0 Å². The Morgan fingerprint density at radius 2 is 1.97 bits per heavy atom. The Hall–Kier alpha value is -2.99. The van der Waals surface area contributed by atoms with Crippen molar-refractivity contribution in [3.63, 3.8) is 0 Å². The van der Waals surface area contributed by atoms with Crippen LogP contribution in [0.15, 0.2) is 30.5 Å². The van der Waals surface area contributed by atoms with Crippen LogP contribution in [0, 0.1) is 22.6 Å². The average molecular weight is 488 g/mol. The first-order chi connectivity index (χ1) is 16.1. The number of benzene rings is 1. The Kier molecular flexibility index (Phi) is 7.93. The lowest BCUT2D eigenvalue weighted by Gasteiger charge is -2.30. The number of methoxy groups -OCH3 is 1. The number of sulfonamides is 1. The average Bonchev–Trinajstić information content (AvgIpc) is 2.79. The summed E-state index contributed by atoms with van der Waals surface area (Å²) in [5.74, 6) is -1.36. The van der Waals surface area contributed by atoms with Gasteiger partial charge in [0, 0.05) is 12.3 Å². The molecule has 9 heteroatoms. The van der Waals surface area contributed by atoms with Crippen molar-refractivity contribution in [3.05, 3.63) is 47.4 Å². The number of aromatic nitrogens is 1. The number of carbonyl (C=O) groups excluding carboxylic acids is 1. The Bertz CT molecular complexity index is 1200. The minimum atomic E-state index is -4.03. The van der Waals surface area contributed by atoms with Gasteiger partial charge in [0.05, 0.1) is 30.8 Å². The molecule has 7 nitrogen and oxygen atoms in total. The second-order valence-electron chi connectivity index (χ2n) is 9.18. The fraction of sp³-hybridized carbons (Fsp3) is 0.480. The lowest BCUT2D eigenvalue weighted by Crippen LogP contribution is -2.40. The van der Waals surface area contributed by atoms with Gasteiger partial charge in [0.1, 0.15) is 5.82 Å². The monoisotopic (exact) mass is 487 g/mol. The SMILES string of the molecule is COc1cc(-c2cc(F)cc(C(C)C)c2CC(=O)NS(=O)(=O)CC2(C#N)CCCCC2)ccn1. The van der Waals surface area contributed by atoms with E-state index in [1.807, 2.05) is 13.8 Å². The zero-order valence-electron chi connectivity index (χ0n) is 19.7. The van der Waals surface area contributed by atoms with Crippen molar-refractivity contribution in [2.45, 2.75) is 58.3 Å². The van der Waals surface area contributed by atoms with E-state index in [-0.39, 0.29) is 12.3 Å². The predicted octanol–water partition coefficient (Wildman–Crippen LogP) is 4.48. The molecule has 1 fully saturated rings. The highest BCUT2D eigenvalue weighted by molar-refractivity contribution is 7.90. The first-order valence-corrected chi connectivity index (χ1v) is 13.0. The van der Waals surface area contributed by atoms with Gasteiger partial charge in [-0.1, -0.05) is 33.1 Å². The summed E-state index contributed by atoms with van der Waals surface area (Å²) in [5.41, 5.74) is 1.24. The van der Waals surface area contributed by atoms with Crippen LogP contribution in [-0.4, -0.2) is 32.2 Å². The van der Waals surface area contributed by atoms with Crippen LogP contribution in [0.2, 0.25) is 0 Å². The van der Waals surface area contributed by atoms with Gasteiger partial charge in [-0.2, -0.15) is 5.26 Å². The zero-order valence-corrected chi connectivity index (χ0v) is 20.5. The van der Waals surface area contributed by atoms with Crippen molar-refractivity contribution in [2.24, 2.45) is 5.41 Å². The molecule has 1 aliphatic rings. The van der Waals surface area contributed by atoms with Crippen LogP contribution >= 0.6 is 0 Å². The molecule has 2 aromatic rings. The fourth-order valence-corrected chi connectivity index (χ4v) is 6.18. The van der Waals surface area contributed by atoms with Crippen molar-refractivity contribution < 1.29 is 22.3 Å². The molecule has 0 unspecified atom stereocenters. The third kappa shape index (κ3) is 6.11. The van der Waals surface area contributed by atoms with Crippen molar-refractivity contribution in [1.82, 2.24) is 9.71 Å². The van der Waals surface area contributed by atoms with Gasteiger partial charge in [0.15, 0.2) is 0 Å². The number of ether oxygens (including phenoxy) is 1. The molecule has 3 rings (SSSR count). The van der Waals surface area contributed by atoms with Crippen LogP contribution in [-0.2, 0) is 21.2 Å². The maximum atomic E-state index is 14.5.